The number of imidazole rings is 1. The van der Waals surface area contributed by atoms with Crippen molar-refractivity contribution < 1.29 is 9.53 Å². The number of hydrogen-bond acceptors (Lipinski definition) is 5. The van der Waals surface area contributed by atoms with Gasteiger partial charge in [0.1, 0.15) is 5.75 Å². The van der Waals surface area contributed by atoms with E-state index < -0.39 is 0 Å². The van der Waals surface area contributed by atoms with Gasteiger partial charge < -0.3 is 14.5 Å². The van der Waals surface area contributed by atoms with Crippen LogP contribution in [0.2, 0.25) is 0 Å². The van der Waals surface area contributed by atoms with Crippen LogP contribution in [0.3, 0.4) is 0 Å². The van der Waals surface area contributed by atoms with Crippen molar-refractivity contribution in [3.8, 4) is 17.0 Å². The Hall–Kier alpha value is -3.35. The zero-order chi connectivity index (χ0) is 22.1. The van der Waals surface area contributed by atoms with E-state index in [9.17, 15) is 4.79 Å². The van der Waals surface area contributed by atoms with Gasteiger partial charge in [0.15, 0.2) is 11.5 Å². The summed E-state index contributed by atoms with van der Waals surface area (Å²) >= 11 is 0. The monoisotopic (exact) mass is 431 g/mol. The molecule has 1 aromatic carbocycles. The Labute approximate surface area is 188 Å². The molecule has 1 atom stereocenters. The van der Waals surface area contributed by atoms with E-state index in [1.165, 1.54) is 0 Å². The van der Waals surface area contributed by atoms with E-state index >= 15 is 0 Å². The highest BCUT2D eigenvalue weighted by Gasteiger charge is 2.37. The Morgan fingerprint density at radius 3 is 2.53 bits per heavy atom. The molecule has 2 aliphatic rings. The number of hydrogen-bond donors (Lipinski definition) is 0. The fraction of sp³-hybridized carbons (Fsp3) is 0.400. The Morgan fingerprint density at radius 2 is 1.84 bits per heavy atom. The molecule has 1 fully saturated rings. The van der Waals surface area contributed by atoms with E-state index in [1.54, 1.807) is 7.11 Å². The molecule has 0 N–H and O–H groups in total. The van der Waals surface area contributed by atoms with Crippen LogP contribution < -0.4 is 9.64 Å². The largest absolute Gasteiger partial charge is 0.497 e. The number of nitrogens with zero attached hydrogens (tertiary/aromatic N) is 5. The molecule has 0 saturated carbocycles. The highest BCUT2D eigenvalue weighted by Crippen LogP contribution is 2.35. The second-order valence-corrected chi connectivity index (χ2v) is 8.87. The van der Waals surface area contributed by atoms with Crippen molar-refractivity contribution in [1.29, 1.82) is 0 Å². The minimum Gasteiger partial charge on any atom is -0.497 e. The fourth-order valence-electron chi connectivity index (χ4n) is 4.77. The predicted molar refractivity (Wildman–Crippen MR) is 125 cm³/mol. The lowest BCUT2D eigenvalue weighted by atomic mass is 9.77. The SMILES string of the molecule is COc1ccc(-c2cnc(N3CCN(C(=O)C4(C)CC=CCC4)CC3)c3nccn23)cc1. The van der Waals surface area contributed by atoms with Gasteiger partial charge >= 0.3 is 0 Å². The molecule has 166 valence electrons. The molecule has 5 rings (SSSR count). The van der Waals surface area contributed by atoms with E-state index in [0.717, 1.165) is 60.8 Å². The van der Waals surface area contributed by atoms with Crippen LogP contribution in [0.15, 0.2) is 55.0 Å². The molecule has 3 aromatic rings. The number of ether oxygens (including phenoxy) is 1. The van der Waals surface area contributed by atoms with Crippen molar-refractivity contribution >= 4 is 17.4 Å². The van der Waals surface area contributed by atoms with Gasteiger partial charge in [-0.15, -0.1) is 0 Å². The smallest absolute Gasteiger partial charge is 0.228 e. The van der Waals surface area contributed by atoms with E-state index in [4.69, 9.17) is 9.72 Å². The van der Waals surface area contributed by atoms with Crippen LogP contribution in [0.5, 0.6) is 5.75 Å². The van der Waals surface area contributed by atoms with E-state index in [2.05, 4.69) is 33.4 Å². The Balaban J connectivity index is 1.34. The van der Waals surface area contributed by atoms with Gasteiger partial charge in [0.25, 0.3) is 0 Å². The molecule has 7 heteroatoms. The van der Waals surface area contributed by atoms with Crippen LogP contribution in [-0.2, 0) is 4.79 Å². The first kappa shape index (κ1) is 20.5. The van der Waals surface area contributed by atoms with E-state index in [1.807, 2.05) is 47.8 Å². The summed E-state index contributed by atoms with van der Waals surface area (Å²) < 4.78 is 7.35. The molecule has 1 aliphatic carbocycles. The van der Waals surface area contributed by atoms with Gasteiger partial charge in [0, 0.05) is 44.1 Å². The quantitative estimate of drug-likeness (QED) is 0.588. The number of piperazine rings is 1. The summed E-state index contributed by atoms with van der Waals surface area (Å²) in [6, 6.07) is 7.95. The molecule has 2 aromatic heterocycles. The van der Waals surface area contributed by atoms with Gasteiger partial charge in [-0.25, -0.2) is 9.97 Å². The summed E-state index contributed by atoms with van der Waals surface area (Å²) in [6.45, 7) is 5.06. The second kappa shape index (κ2) is 8.30. The van der Waals surface area contributed by atoms with Gasteiger partial charge in [0.2, 0.25) is 5.91 Å². The molecule has 1 saturated heterocycles. The topological polar surface area (TPSA) is 63.0 Å². The summed E-state index contributed by atoms with van der Waals surface area (Å²) in [4.78, 5) is 26.8. The zero-order valence-electron chi connectivity index (χ0n) is 18.7. The maximum absolute atomic E-state index is 13.2. The number of carbonyl (C=O) groups excluding carboxylic acids is 1. The molecule has 1 amide bonds. The number of benzene rings is 1. The maximum Gasteiger partial charge on any atom is 0.228 e. The van der Waals surface area contributed by atoms with Crippen LogP contribution in [0, 0.1) is 5.41 Å². The first-order chi connectivity index (χ1) is 15.6. The van der Waals surface area contributed by atoms with Crippen molar-refractivity contribution in [2.24, 2.45) is 5.41 Å². The molecule has 0 bridgehead atoms. The molecule has 7 nitrogen and oxygen atoms in total. The van der Waals surface area contributed by atoms with Crippen molar-refractivity contribution in [3.05, 3.63) is 55.0 Å². The van der Waals surface area contributed by atoms with Crippen molar-refractivity contribution in [3.63, 3.8) is 0 Å². The average Bonchev–Trinajstić information content (AvgIpc) is 3.34. The summed E-state index contributed by atoms with van der Waals surface area (Å²) in [5, 5.41) is 0. The number of amides is 1. The number of anilines is 1. The number of rotatable bonds is 4. The Kier molecular flexibility index (Phi) is 5.33. The average molecular weight is 432 g/mol. The summed E-state index contributed by atoms with van der Waals surface area (Å²) in [7, 11) is 1.67. The van der Waals surface area contributed by atoms with Crippen molar-refractivity contribution in [2.45, 2.75) is 26.2 Å². The first-order valence-corrected chi connectivity index (χ1v) is 11.2. The number of fused-ring (bicyclic) bond motifs is 1. The minimum atomic E-state index is -0.258. The predicted octanol–water partition coefficient (Wildman–Crippen LogP) is 3.80. The van der Waals surface area contributed by atoms with Crippen LogP contribution in [0.4, 0.5) is 5.82 Å². The second-order valence-electron chi connectivity index (χ2n) is 8.87. The number of aromatic nitrogens is 3. The number of methoxy groups -OCH3 is 1. The van der Waals surface area contributed by atoms with E-state index in [0.29, 0.717) is 13.1 Å². The van der Waals surface area contributed by atoms with Crippen LogP contribution in [0.1, 0.15) is 26.2 Å². The molecule has 1 unspecified atom stereocenters. The fourth-order valence-corrected chi connectivity index (χ4v) is 4.77. The van der Waals surface area contributed by atoms with Crippen molar-refractivity contribution in [2.75, 3.05) is 38.2 Å². The third-order valence-corrected chi connectivity index (χ3v) is 6.78. The van der Waals surface area contributed by atoms with E-state index in [-0.39, 0.29) is 11.3 Å². The summed E-state index contributed by atoms with van der Waals surface area (Å²) in [5.41, 5.74) is 2.61. The maximum atomic E-state index is 13.2. The van der Waals surface area contributed by atoms with Crippen LogP contribution in [-0.4, -0.2) is 58.5 Å². The third-order valence-electron chi connectivity index (χ3n) is 6.78. The summed E-state index contributed by atoms with van der Waals surface area (Å²) in [5.74, 6) is 1.98. The van der Waals surface area contributed by atoms with Crippen LogP contribution in [0.25, 0.3) is 16.9 Å². The van der Waals surface area contributed by atoms with Gasteiger partial charge in [-0.05, 0) is 43.5 Å². The van der Waals surface area contributed by atoms with Crippen molar-refractivity contribution in [1.82, 2.24) is 19.3 Å². The highest BCUT2D eigenvalue weighted by molar-refractivity contribution is 5.83. The van der Waals surface area contributed by atoms with Gasteiger partial charge in [0.05, 0.1) is 24.4 Å². The zero-order valence-corrected chi connectivity index (χ0v) is 18.7. The number of allylic oxidation sites excluding steroid dienone is 2. The molecule has 3 heterocycles. The minimum absolute atomic E-state index is 0.258. The molecule has 32 heavy (non-hydrogen) atoms. The Morgan fingerprint density at radius 1 is 1.06 bits per heavy atom. The van der Waals surface area contributed by atoms with Crippen LogP contribution >= 0.6 is 0 Å². The van der Waals surface area contributed by atoms with Gasteiger partial charge in [-0.3, -0.25) is 9.20 Å². The molecular formula is C25H29N5O2. The molecule has 0 radical (unpaired) electrons. The van der Waals surface area contributed by atoms with Gasteiger partial charge in [-0.2, -0.15) is 0 Å². The number of carbonyl (C=O) groups is 1. The normalized spacial score (nSPS) is 21.2. The first-order valence-electron chi connectivity index (χ1n) is 11.2. The lowest BCUT2D eigenvalue weighted by molar-refractivity contribution is -0.142. The lowest BCUT2D eigenvalue weighted by Crippen LogP contribution is -2.53. The highest BCUT2D eigenvalue weighted by atomic mass is 16.5. The molecular weight excluding hydrogens is 402 g/mol. The molecule has 0 spiro atoms. The van der Waals surface area contributed by atoms with Gasteiger partial charge in [-0.1, -0.05) is 19.1 Å². The standard InChI is InChI=1S/C25H29N5O2/c1-25(10-4-3-5-11-25)24(31)29-16-14-28(15-17-29)22-23-26-12-13-30(23)21(18-27-22)19-6-8-20(32-2)9-7-19/h3-4,6-9,12-13,18H,5,10-11,14-17H2,1-2H3. The third kappa shape index (κ3) is 3.61. The molecule has 1 aliphatic heterocycles. The summed E-state index contributed by atoms with van der Waals surface area (Å²) in [6.07, 6.45) is 12.8. The lowest BCUT2D eigenvalue weighted by Gasteiger charge is -2.40. The Bertz CT molecular complexity index is 1140.